The number of nitrogens with zero attached hydrogens (tertiary/aromatic N) is 1. The van der Waals surface area contributed by atoms with Crippen LogP contribution in [-0.4, -0.2) is 61.7 Å². The van der Waals surface area contributed by atoms with E-state index in [9.17, 15) is 9.59 Å². The van der Waals surface area contributed by atoms with Crippen LogP contribution in [-0.2, 0) is 23.8 Å². The molecule has 3 unspecified atom stereocenters. The Morgan fingerprint density at radius 1 is 1.23 bits per heavy atom. The van der Waals surface area contributed by atoms with E-state index >= 15 is 0 Å². The zero-order valence-corrected chi connectivity index (χ0v) is 28.0. The van der Waals surface area contributed by atoms with Gasteiger partial charge in [-0.2, -0.15) is 11.3 Å². The quantitative estimate of drug-likeness (QED) is 0.197. The highest BCUT2D eigenvalue weighted by molar-refractivity contribution is 7.08. The number of rotatable bonds is 10. The van der Waals surface area contributed by atoms with Crippen molar-refractivity contribution in [3.8, 4) is 0 Å². The third-order valence-electron chi connectivity index (χ3n) is 9.61. The van der Waals surface area contributed by atoms with Crippen LogP contribution >= 0.6 is 11.3 Å². The molecule has 6 nitrogen and oxygen atoms in total. The third-order valence-corrected chi connectivity index (χ3v) is 10.3. The van der Waals surface area contributed by atoms with Gasteiger partial charge in [0, 0.05) is 44.0 Å². The molecule has 4 aliphatic rings. The number of ketones is 1. The molecule has 0 radical (unpaired) electrons. The summed E-state index contributed by atoms with van der Waals surface area (Å²) < 4.78 is 18.2. The van der Waals surface area contributed by atoms with Crippen LogP contribution in [0.15, 0.2) is 74.8 Å². The van der Waals surface area contributed by atoms with Crippen LogP contribution in [0, 0.1) is 5.92 Å². The Balaban J connectivity index is 1.44. The van der Waals surface area contributed by atoms with E-state index in [0.717, 1.165) is 60.2 Å². The number of thiophene rings is 1. The Morgan fingerprint density at radius 2 is 2.05 bits per heavy atom. The van der Waals surface area contributed by atoms with Crippen LogP contribution < -0.4 is 0 Å². The van der Waals surface area contributed by atoms with Gasteiger partial charge >= 0.3 is 0 Å². The van der Waals surface area contributed by atoms with Gasteiger partial charge in [0.1, 0.15) is 11.9 Å². The van der Waals surface area contributed by atoms with E-state index in [1.165, 1.54) is 11.1 Å². The predicted molar refractivity (Wildman–Crippen MR) is 177 cm³/mol. The maximum atomic E-state index is 14.2. The maximum Gasteiger partial charge on any atom is 0.253 e. The van der Waals surface area contributed by atoms with E-state index in [1.807, 2.05) is 4.90 Å². The molecule has 3 aliphatic heterocycles. The number of fused-ring (bicyclic) bond motifs is 1. The highest BCUT2D eigenvalue weighted by Gasteiger charge is 2.44. The summed E-state index contributed by atoms with van der Waals surface area (Å²) in [4.78, 5) is 28.9. The number of carbonyl (C=O) groups excluding carboxylic acids is 2. The highest BCUT2D eigenvalue weighted by Crippen LogP contribution is 2.49. The van der Waals surface area contributed by atoms with Crippen molar-refractivity contribution in [1.82, 2.24) is 4.90 Å². The van der Waals surface area contributed by atoms with Crippen molar-refractivity contribution in [2.24, 2.45) is 5.92 Å². The maximum absolute atomic E-state index is 14.2. The standard InChI is InChI=1S/C37H49NO5S/c1-24(2)18-29-20-31-35(25(3)28-13-17-44-23-28)30(22-43-37(31,5)21-34(29)41-6)26(4)36(40)38-14-8-7-10-27(12-15-38)19-32(39)33-11-9-16-42-33/h10,13,17,20,23-25,33H,4,7-9,11-12,14-16,18-19,21-22H2,1-3,5-6H3/b27-10+. The number of Topliss-reactive ketones (excluding diaryl/α,β-unsaturated/α-hetero) is 1. The van der Waals surface area contributed by atoms with Gasteiger partial charge in [0.25, 0.3) is 5.91 Å². The van der Waals surface area contributed by atoms with Crippen molar-refractivity contribution in [2.45, 2.75) is 96.7 Å². The van der Waals surface area contributed by atoms with Gasteiger partial charge in [-0.15, -0.1) is 0 Å². The molecular weight excluding hydrogens is 570 g/mol. The zero-order chi connectivity index (χ0) is 31.4. The number of methoxy groups -OCH3 is 1. The lowest BCUT2D eigenvalue weighted by Crippen LogP contribution is -2.42. The lowest BCUT2D eigenvalue weighted by molar-refractivity contribution is -0.127. The summed E-state index contributed by atoms with van der Waals surface area (Å²) >= 11 is 1.69. The Labute approximate surface area is 267 Å². The van der Waals surface area contributed by atoms with E-state index in [0.29, 0.717) is 57.1 Å². The highest BCUT2D eigenvalue weighted by atomic mass is 32.1. The van der Waals surface area contributed by atoms with Crippen molar-refractivity contribution in [3.05, 3.63) is 80.3 Å². The molecule has 0 spiro atoms. The molecule has 1 fully saturated rings. The number of hydrogen-bond acceptors (Lipinski definition) is 6. The minimum absolute atomic E-state index is 0.0409. The van der Waals surface area contributed by atoms with E-state index in [1.54, 1.807) is 18.4 Å². The van der Waals surface area contributed by atoms with Crippen LogP contribution in [0.25, 0.3) is 0 Å². The lowest BCUT2D eigenvalue weighted by Gasteiger charge is -2.44. The fourth-order valence-electron chi connectivity index (χ4n) is 7.07. The first-order chi connectivity index (χ1) is 21.1. The molecule has 1 saturated heterocycles. The summed E-state index contributed by atoms with van der Waals surface area (Å²) in [6.07, 6.45) is 10.4. The van der Waals surface area contributed by atoms with Gasteiger partial charge in [-0.1, -0.05) is 39.0 Å². The van der Waals surface area contributed by atoms with Gasteiger partial charge in [-0.3, -0.25) is 9.59 Å². The zero-order valence-electron chi connectivity index (χ0n) is 27.2. The third kappa shape index (κ3) is 7.05. The molecule has 0 aromatic carbocycles. The first kappa shape index (κ1) is 32.6. The molecule has 0 saturated carbocycles. The van der Waals surface area contributed by atoms with Crippen LogP contribution in [0.4, 0.5) is 0 Å². The predicted octanol–water partition coefficient (Wildman–Crippen LogP) is 7.85. The number of amides is 1. The Hall–Kier alpha value is -2.74. The molecule has 3 atom stereocenters. The Kier molecular flexibility index (Phi) is 10.5. The van der Waals surface area contributed by atoms with Gasteiger partial charge in [0.05, 0.1) is 19.3 Å². The molecule has 1 amide bonds. The first-order valence-corrected chi connectivity index (χ1v) is 17.2. The first-order valence-electron chi connectivity index (χ1n) is 16.3. The minimum atomic E-state index is -0.548. The summed E-state index contributed by atoms with van der Waals surface area (Å²) in [6.45, 7) is 15.5. The SMILES string of the molecule is C=C(C(=O)N1CCC/C=C(/CC(=O)C2CCCO2)CC1)C1=C(C(C)c2ccsc2)C2=CC(CC(C)C)=C(OC)CC2(C)OC1. The largest absolute Gasteiger partial charge is 0.501 e. The number of ether oxygens (including phenoxy) is 3. The smallest absolute Gasteiger partial charge is 0.253 e. The van der Waals surface area contributed by atoms with Gasteiger partial charge in [0.2, 0.25) is 0 Å². The molecule has 0 bridgehead atoms. The molecule has 4 heterocycles. The summed E-state index contributed by atoms with van der Waals surface area (Å²) in [5.74, 6) is 1.66. The minimum Gasteiger partial charge on any atom is -0.501 e. The number of allylic oxidation sites excluding steroid dienone is 3. The molecule has 238 valence electrons. The second-order valence-corrected chi connectivity index (χ2v) is 14.1. The number of hydrogen-bond donors (Lipinski definition) is 0. The van der Waals surface area contributed by atoms with E-state index in [2.05, 4.69) is 63.3 Å². The molecule has 7 heteroatoms. The van der Waals surface area contributed by atoms with Gasteiger partial charge < -0.3 is 19.1 Å². The average molecular weight is 620 g/mol. The number of carbonyl (C=O) groups is 2. The second kappa shape index (κ2) is 14.1. The molecule has 0 N–H and O–H groups in total. The van der Waals surface area contributed by atoms with Gasteiger partial charge in [-0.05, 0) is 102 Å². The van der Waals surface area contributed by atoms with Gasteiger partial charge in [-0.25, -0.2) is 0 Å². The monoisotopic (exact) mass is 619 g/mol. The van der Waals surface area contributed by atoms with E-state index in [-0.39, 0.29) is 23.7 Å². The van der Waals surface area contributed by atoms with E-state index < -0.39 is 5.60 Å². The normalized spacial score (nSPS) is 26.4. The fourth-order valence-corrected chi connectivity index (χ4v) is 7.82. The summed E-state index contributed by atoms with van der Waals surface area (Å²) in [6, 6.07) is 2.18. The topological polar surface area (TPSA) is 65.1 Å². The van der Waals surface area contributed by atoms with E-state index in [4.69, 9.17) is 14.2 Å². The Bertz CT molecular complexity index is 1370. The fraction of sp³-hybridized carbons (Fsp3) is 0.568. The van der Waals surface area contributed by atoms with Crippen molar-refractivity contribution in [1.29, 1.82) is 0 Å². The van der Waals surface area contributed by atoms with Crippen LogP contribution in [0.1, 0.15) is 90.5 Å². The van der Waals surface area contributed by atoms with Crippen molar-refractivity contribution in [3.63, 3.8) is 0 Å². The van der Waals surface area contributed by atoms with Crippen LogP contribution in [0.2, 0.25) is 0 Å². The molecular formula is C37H49NO5S. The molecule has 1 aliphatic carbocycles. The van der Waals surface area contributed by atoms with Crippen LogP contribution in [0.3, 0.4) is 0 Å². The lowest BCUT2D eigenvalue weighted by atomic mass is 9.71. The van der Waals surface area contributed by atoms with Crippen molar-refractivity contribution in [2.75, 3.05) is 33.4 Å². The molecule has 5 rings (SSSR count). The molecule has 1 aromatic rings. The van der Waals surface area contributed by atoms with Crippen LogP contribution in [0.5, 0.6) is 0 Å². The molecule has 1 aromatic heterocycles. The Morgan fingerprint density at radius 3 is 2.73 bits per heavy atom. The average Bonchev–Trinajstić information content (AvgIpc) is 3.72. The van der Waals surface area contributed by atoms with Gasteiger partial charge in [0.15, 0.2) is 5.78 Å². The second-order valence-electron chi connectivity index (χ2n) is 13.3. The molecule has 44 heavy (non-hydrogen) atoms. The van der Waals surface area contributed by atoms with Crippen molar-refractivity contribution < 1.29 is 23.8 Å². The summed E-state index contributed by atoms with van der Waals surface area (Å²) in [5, 5.41) is 4.31. The van der Waals surface area contributed by atoms with Crippen molar-refractivity contribution >= 4 is 23.0 Å². The summed E-state index contributed by atoms with van der Waals surface area (Å²) in [7, 11) is 1.75. The summed E-state index contributed by atoms with van der Waals surface area (Å²) in [5.41, 5.74) is 6.70.